The first-order valence-corrected chi connectivity index (χ1v) is 23.7. The van der Waals surface area contributed by atoms with Crippen LogP contribution in [0.3, 0.4) is 0 Å². The van der Waals surface area contributed by atoms with Crippen molar-refractivity contribution in [3.05, 3.63) is 150 Å². The van der Waals surface area contributed by atoms with Gasteiger partial charge in [-0.3, -0.25) is 28.1 Å². The average molecular weight is 1120 g/mol. The highest BCUT2D eigenvalue weighted by Gasteiger charge is 2.40. The molecule has 6 heterocycles. The summed E-state index contributed by atoms with van der Waals surface area (Å²) in [6.07, 6.45) is 0. The van der Waals surface area contributed by atoms with E-state index in [4.69, 9.17) is 149 Å². The third kappa shape index (κ3) is 5.92. The van der Waals surface area contributed by atoms with Crippen molar-refractivity contribution in [2.45, 2.75) is 0 Å². The number of fused-ring (bicyclic) bond motifs is 16. The minimum Gasteiger partial charge on any atom is -0.268 e. The molecule has 3 aromatic heterocycles. The number of rotatable bonds is 1. The number of hydrogen-bond donors (Lipinski definition) is 0. The molecule has 9 nitrogen and oxygen atoms in total. The van der Waals surface area contributed by atoms with Crippen molar-refractivity contribution in [3.63, 3.8) is 0 Å². The second-order valence-electron chi connectivity index (χ2n) is 15.3. The molecule has 0 saturated carbocycles. The highest BCUT2D eigenvalue weighted by Crippen LogP contribution is 2.53. The third-order valence-corrected chi connectivity index (χ3v) is 17.3. The number of nitrogens with zero attached hydrogens (tertiary/aromatic N) is 6. The Morgan fingerprint density at radius 1 is 0.313 bits per heavy atom. The van der Waals surface area contributed by atoms with Crippen molar-refractivity contribution in [1.29, 1.82) is 0 Å². The van der Waals surface area contributed by atoms with Crippen molar-refractivity contribution in [3.8, 4) is 45.3 Å². The smallest absolute Gasteiger partial charge is 0.266 e. The van der Waals surface area contributed by atoms with Gasteiger partial charge in [-0.2, -0.15) is 0 Å². The molecule has 0 radical (unpaired) electrons. The van der Waals surface area contributed by atoms with Crippen LogP contribution in [0.5, 0.6) is 0 Å². The summed E-state index contributed by atoms with van der Waals surface area (Å²) in [7, 11) is 0. The standard InChI is InChI=1S/C28H6Cl8N4O2.C18H6Cl4N2O/c29-17-13-15(19(31)23(35)21(17)33)27(41)39-11-3-1-7(5-9(11)37-25(13)39)8-2-4-12-10(6-8)38-26-14-16(28(42)40(12)26)20(32)24(36)22(34)18(14)30;19-13-11-12(14(20)16(22)15(13)21)18(25)24-10-6-8-4-2-1-3-7(8)5-9(10)23-17(11)24/h1-6H;1-6H. The summed E-state index contributed by atoms with van der Waals surface area (Å²) in [6.45, 7) is 0. The lowest BCUT2D eigenvalue weighted by Crippen LogP contribution is -2.06. The van der Waals surface area contributed by atoms with Crippen LogP contribution in [0.15, 0.2) is 72.8 Å². The van der Waals surface area contributed by atoms with Gasteiger partial charge < -0.3 is 0 Å². The summed E-state index contributed by atoms with van der Waals surface area (Å²) in [5.41, 5.74) is 6.81. The Hall–Kier alpha value is -4.30. The summed E-state index contributed by atoms with van der Waals surface area (Å²) in [6, 6.07) is 22.7. The average Bonchev–Trinajstić information content (AvgIpc) is 4.15. The zero-order valence-corrected chi connectivity index (χ0v) is 41.4. The molecule has 0 saturated heterocycles. The van der Waals surface area contributed by atoms with Crippen LogP contribution >= 0.6 is 139 Å². The summed E-state index contributed by atoms with van der Waals surface area (Å²) < 4.78 is 4.39. The van der Waals surface area contributed by atoms with Crippen LogP contribution in [0.4, 0.5) is 0 Å². The van der Waals surface area contributed by atoms with Gasteiger partial charge >= 0.3 is 0 Å². The summed E-state index contributed by atoms with van der Waals surface area (Å²) in [5, 5.41) is 2.87. The van der Waals surface area contributed by atoms with Crippen LogP contribution in [-0.2, 0) is 0 Å². The molecule has 0 N–H and O–H groups in total. The van der Waals surface area contributed by atoms with Crippen LogP contribution in [0.25, 0.3) is 89.2 Å². The summed E-state index contributed by atoms with van der Waals surface area (Å²) in [5.74, 6) is -0.0521. The molecule has 7 aromatic carbocycles. The minimum absolute atomic E-state index is 0.0101. The van der Waals surface area contributed by atoms with Crippen molar-refractivity contribution in [2.75, 3.05) is 0 Å². The Morgan fingerprint density at radius 3 is 0.970 bits per heavy atom. The predicted molar refractivity (Wildman–Crippen MR) is 271 cm³/mol. The first-order valence-electron chi connectivity index (χ1n) is 19.2. The van der Waals surface area contributed by atoms with Gasteiger partial charge in [-0.1, -0.05) is 176 Å². The van der Waals surface area contributed by atoms with Crippen molar-refractivity contribution >= 4 is 201 Å². The van der Waals surface area contributed by atoms with Gasteiger partial charge in [-0.15, -0.1) is 0 Å². The molecule has 13 rings (SSSR count). The Labute approximate surface area is 435 Å². The fourth-order valence-electron chi connectivity index (χ4n) is 8.87. The molecule has 0 spiro atoms. The van der Waals surface area contributed by atoms with Gasteiger partial charge in [0.25, 0.3) is 17.7 Å². The van der Waals surface area contributed by atoms with Crippen LogP contribution in [0, 0.1) is 0 Å². The number of benzene rings is 7. The number of carbonyl (C=O) groups excluding carboxylic acids is 3. The fraction of sp³-hybridized carbons (Fsp3) is 0. The van der Waals surface area contributed by atoms with Gasteiger partial charge in [0.05, 0.1) is 127 Å². The Kier molecular flexibility index (Phi) is 10.1. The Morgan fingerprint density at radius 2 is 0.612 bits per heavy atom. The Balaban J connectivity index is 0.000000159. The highest BCUT2D eigenvalue weighted by molar-refractivity contribution is 6.57. The van der Waals surface area contributed by atoms with E-state index in [0.29, 0.717) is 67.3 Å². The van der Waals surface area contributed by atoms with Crippen LogP contribution < -0.4 is 0 Å². The van der Waals surface area contributed by atoms with E-state index in [1.54, 1.807) is 12.1 Å². The van der Waals surface area contributed by atoms with Gasteiger partial charge in [0, 0.05) is 0 Å². The normalized spacial score (nSPS) is 13.2. The van der Waals surface area contributed by atoms with E-state index >= 15 is 0 Å². The summed E-state index contributed by atoms with van der Waals surface area (Å²) in [4.78, 5) is 53.8. The number of halogens is 12. The number of aromatic nitrogens is 6. The Bertz CT molecular complexity index is 3940. The molecular weight excluding hydrogens is 1110 g/mol. The largest absolute Gasteiger partial charge is 0.268 e. The van der Waals surface area contributed by atoms with Crippen molar-refractivity contribution in [2.24, 2.45) is 0 Å². The lowest BCUT2D eigenvalue weighted by atomic mass is 10.0. The molecule has 0 atom stereocenters. The number of hydrogen-bond acceptors (Lipinski definition) is 6. The topological polar surface area (TPSA) is 105 Å². The van der Waals surface area contributed by atoms with E-state index in [1.807, 2.05) is 60.7 Å². The molecule has 0 fully saturated rings. The highest BCUT2D eigenvalue weighted by atomic mass is 35.5. The van der Waals surface area contributed by atoms with E-state index in [0.717, 1.165) is 21.9 Å². The quantitative estimate of drug-likeness (QED) is 0.120. The predicted octanol–water partition coefficient (Wildman–Crippen LogP) is 17.1. The van der Waals surface area contributed by atoms with Gasteiger partial charge in [0.15, 0.2) is 17.5 Å². The lowest BCUT2D eigenvalue weighted by molar-refractivity contribution is 0.0965. The molecule has 67 heavy (non-hydrogen) atoms. The molecule has 0 bridgehead atoms. The number of carbonyl (C=O) groups is 3. The molecular formula is C46H12Cl12N6O3. The maximum Gasteiger partial charge on any atom is 0.266 e. The van der Waals surface area contributed by atoms with Crippen molar-refractivity contribution in [1.82, 2.24) is 28.7 Å². The van der Waals surface area contributed by atoms with E-state index in [1.165, 1.54) is 13.7 Å². The molecule has 0 unspecified atom stereocenters. The third-order valence-electron chi connectivity index (χ3n) is 11.9. The summed E-state index contributed by atoms with van der Waals surface area (Å²) >= 11 is 75.5. The van der Waals surface area contributed by atoms with E-state index in [2.05, 4.69) is 4.98 Å². The van der Waals surface area contributed by atoms with Gasteiger partial charge in [-0.25, -0.2) is 15.0 Å². The fourth-order valence-corrected chi connectivity index (χ4v) is 11.9. The monoisotopic (exact) mass is 1120 g/mol. The molecule has 21 heteroatoms. The van der Waals surface area contributed by atoms with E-state index in [9.17, 15) is 14.4 Å². The SMILES string of the molecule is O=C1c2c(Cl)c(Cl)c(Cl)c(Cl)c2-c2nc3cc(-c4ccc5c(c4)nc4n5C(=O)c5c(Cl)c(Cl)c(Cl)c(Cl)c5-4)ccc3n21.O=C1c2c(Cl)c(Cl)c(Cl)c(Cl)c2-c2nc3cc4ccccc4cc3n21. The van der Waals surface area contributed by atoms with E-state index < -0.39 is 11.8 Å². The zero-order chi connectivity index (χ0) is 47.0. The maximum absolute atomic E-state index is 13.4. The van der Waals surface area contributed by atoms with E-state index in [-0.39, 0.29) is 82.9 Å². The second-order valence-corrected chi connectivity index (χ2v) is 19.9. The second kappa shape index (κ2) is 15.3. The molecule has 3 aliphatic rings. The van der Waals surface area contributed by atoms with Crippen molar-refractivity contribution < 1.29 is 14.4 Å². The van der Waals surface area contributed by atoms with Gasteiger partial charge in [0.2, 0.25) is 0 Å². The first kappa shape index (κ1) is 43.9. The van der Waals surface area contributed by atoms with Crippen LogP contribution in [0.2, 0.25) is 60.3 Å². The zero-order valence-electron chi connectivity index (χ0n) is 32.4. The molecule has 0 amide bonds. The maximum atomic E-state index is 13.4. The molecule has 10 aromatic rings. The van der Waals surface area contributed by atoms with Crippen LogP contribution in [0.1, 0.15) is 31.1 Å². The lowest BCUT2D eigenvalue weighted by Gasteiger charge is -2.08. The number of imidazole rings is 3. The molecule has 0 aliphatic carbocycles. The van der Waals surface area contributed by atoms with Crippen LogP contribution in [-0.4, -0.2) is 46.4 Å². The first-order chi connectivity index (χ1) is 32.0. The molecule has 328 valence electrons. The minimum atomic E-state index is -0.403. The van der Waals surface area contributed by atoms with Gasteiger partial charge in [-0.05, 0) is 58.3 Å². The molecule has 3 aliphatic heterocycles. The van der Waals surface area contributed by atoms with Gasteiger partial charge in [0.1, 0.15) is 0 Å².